The highest BCUT2D eigenvalue weighted by atomic mass is 16.5. The summed E-state index contributed by atoms with van der Waals surface area (Å²) in [6.07, 6.45) is -3.27. The van der Waals surface area contributed by atoms with E-state index in [0.717, 1.165) is 16.7 Å². The summed E-state index contributed by atoms with van der Waals surface area (Å²) >= 11 is 0. The molecule has 0 aliphatic heterocycles. The molecule has 0 radical (unpaired) electrons. The number of hydrogen-bond acceptors (Lipinski definition) is 5. The largest absolute Gasteiger partial charge is 0.394 e. The molecule has 3 aromatic carbocycles. The standard InChI is InChI=1S/C24H24O5/c25-16-21(26)23(28)22(27)17-29-24(18-10-4-1-5-11-18,19-12-6-2-7-13-19)20-14-8-3-9-15-20/h1-15,21,23,25-26,28H,16-17H2/t21-,23-/m0/s1. The molecule has 0 aromatic heterocycles. The van der Waals surface area contributed by atoms with Crippen molar-refractivity contribution < 1.29 is 24.9 Å². The maximum absolute atomic E-state index is 12.4. The number of ketones is 1. The fourth-order valence-electron chi connectivity index (χ4n) is 3.35. The maximum Gasteiger partial charge on any atom is 0.189 e. The van der Waals surface area contributed by atoms with Crippen molar-refractivity contribution in [3.05, 3.63) is 108 Å². The summed E-state index contributed by atoms with van der Waals surface area (Å²) in [4.78, 5) is 12.4. The summed E-state index contributed by atoms with van der Waals surface area (Å²) in [6, 6.07) is 28.6. The van der Waals surface area contributed by atoms with Crippen molar-refractivity contribution >= 4 is 5.78 Å². The first-order valence-corrected chi connectivity index (χ1v) is 9.40. The highest BCUT2D eigenvalue weighted by Crippen LogP contribution is 2.40. The SMILES string of the molecule is O=C(COC(c1ccccc1)(c1ccccc1)c1ccccc1)[C@@H](O)[C@@H](O)CO. The van der Waals surface area contributed by atoms with Gasteiger partial charge in [-0.1, -0.05) is 91.0 Å². The van der Waals surface area contributed by atoms with E-state index in [0.29, 0.717) is 0 Å². The number of ether oxygens (including phenoxy) is 1. The van der Waals surface area contributed by atoms with Crippen molar-refractivity contribution in [3.63, 3.8) is 0 Å². The van der Waals surface area contributed by atoms with Crippen molar-refractivity contribution in [2.75, 3.05) is 13.2 Å². The van der Waals surface area contributed by atoms with E-state index in [2.05, 4.69) is 0 Å². The van der Waals surface area contributed by atoms with E-state index in [-0.39, 0.29) is 0 Å². The van der Waals surface area contributed by atoms with Gasteiger partial charge in [0.15, 0.2) is 5.78 Å². The van der Waals surface area contributed by atoms with Gasteiger partial charge >= 0.3 is 0 Å². The Bertz CT molecular complexity index is 800. The average Bonchev–Trinajstić information content (AvgIpc) is 2.80. The summed E-state index contributed by atoms with van der Waals surface area (Å²) in [7, 11) is 0. The Morgan fingerprint density at radius 3 is 1.48 bits per heavy atom. The van der Waals surface area contributed by atoms with Crippen LogP contribution in [0.5, 0.6) is 0 Å². The second-order valence-corrected chi connectivity index (χ2v) is 6.73. The normalized spacial score (nSPS) is 13.6. The van der Waals surface area contributed by atoms with Crippen LogP contribution in [0.2, 0.25) is 0 Å². The van der Waals surface area contributed by atoms with Crippen molar-refractivity contribution in [2.45, 2.75) is 17.8 Å². The van der Waals surface area contributed by atoms with Gasteiger partial charge in [0.2, 0.25) is 0 Å². The molecule has 0 saturated carbocycles. The molecule has 0 heterocycles. The van der Waals surface area contributed by atoms with Crippen LogP contribution in [-0.4, -0.2) is 46.5 Å². The first-order chi connectivity index (χ1) is 14.1. The van der Waals surface area contributed by atoms with Gasteiger partial charge in [0.05, 0.1) is 6.61 Å². The molecule has 3 rings (SSSR count). The quantitative estimate of drug-likeness (QED) is 0.487. The van der Waals surface area contributed by atoms with E-state index in [1.54, 1.807) is 0 Å². The predicted molar refractivity (Wildman–Crippen MR) is 109 cm³/mol. The maximum atomic E-state index is 12.4. The second kappa shape index (κ2) is 9.58. The van der Waals surface area contributed by atoms with Gasteiger partial charge in [-0.15, -0.1) is 0 Å². The molecular formula is C24H24O5. The number of carbonyl (C=O) groups is 1. The Hall–Kier alpha value is -2.83. The first kappa shape index (κ1) is 20.9. The molecule has 2 atom stereocenters. The smallest absolute Gasteiger partial charge is 0.189 e. The minimum Gasteiger partial charge on any atom is -0.394 e. The van der Waals surface area contributed by atoms with Gasteiger partial charge in [0, 0.05) is 0 Å². The molecule has 0 amide bonds. The summed E-state index contributed by atoms with van der Waals surface area (Å²) in [5.74, 6) is -0.710. The zero-order valence-corrected chi connectivity index (χ0v) is 15.9. The van der Waals surface area contributed by atoms with E-state index in [1.807, 2.05) is 91.0 Å². The zero-order chi connectivity index (χ0) is 20.7. The number of hydrogen-bond donors (Lipinski definition) is 3. The average molecular weight is 392 g/mol. The Kier molecular flexibility index (Phi) is 6.90. The molecule has 5 heteroatoms. The number of Topliss-reactive ketones (excluding diaryl/α,β-unsaturated/α-hetero) is 1. The molecule has 3 N–H and O–H groups in total. The third-order valence-electron chi connectivity index (χ3n) is 4.85. The van der Waals surface area contributed by atoms with Crippen molar-refractivity contribution in [3.8, 4) is 0 Å². The Balaban J connectivity index is 2.09. The zero-order valence-electron chi connectivity index (χ0n) is 15.9. The van der Waals surface area contributed by atoms with Crippen LogP contribution >= 0.6 is 0 Å². The minimum absolute atomic E-state index is 0.448. The summed E-state index contributed by atoms with van der Waals surface area (Å²) in [6.45, 7) is -1.16. The molecule has 0 aliphatic carbocycles. The highest BCUT2D eigenvalue weighted by Gasteiger charge is 2.39. The molecule has 29 heavy (non-hydrogen) atoms. The summed E-state index contributed by atoms with van der Waals surface area (Å²) < 4.78 is 6.26. The van der Waals surface area contributed by atoms with E-state index in [1.165, 1.54) is 0 Å². The van der Waals surface area contributed by atoms with E-state index in [9.17, 15) is 15.0 Å². The van der Waals surface area contributed by atoms with Crippen LogP contribution in [0, 0.1) is 0 Å². The van der Waals surface area contributed by atoms with E-state index in [4.69, 9.17) is 9.84 Å². The predicted octanol–water partition coefficient (Wildman–Crippen LogP) is 2.28. The van der Waals surface area contributed by atoms with Gasteiger partial charge in [-0.25, -0.2) is 0 Å². The van der Waals surface area contributed by atoms with Crippen LogP contribution in [0.3, 0.4) is 0 Å². The van der Waals surface area contributed by atoms with Crippen LogP contribution in [-0.2, 0) is 15.1 Å². The topological polar surface area (TPSA) is 87.0 Å². The number of aliphatic hydroxyl groups is 3. The fourth-order valence-corrected chi connectivity index (χ4v) is 3.35. The van der Waals surface area contributed by atoms with Crippen LogP contribution in [0.1, 0.15) is 16.7 Å². The lowest BCUT2D eigenvalue weighted by Crippen LogP contribution is -2.41. The van der Waals surface area contributed by atoms with Gasteiger partial charge in [-0.3, -0.25) is 4.79 Å². The van der Waals surface area contributed by atoms with Crippen LogP contribution in [0.4, 0.5) is 0 Å². The summed E-state index contributed by atoms with van der Waals surface area (Å²) in [5, 5.41) is 28.6. The third kappa shape index (κ3) is 4.44. The molecule has 0 fully saturated rings. The number of carbonyl (C=O) groups excluding carboxylic acids is 1. The molecular weight excluding hydrogens is 368 g/mol. The number of rotatable bonds is 9. The highest BCUT2D eigenvalue weighted by molar-refractivity contribution is 5.84. The molecule has 0 aliphatic rings. The van der Waals surface area contributed by atoms with E-state index >= 15 is 0 Å². The molecule has 5 nitrogen and oxygen atoms in total. The molecule has 150 valence electrons. The van der Waals surface area contributed by atoms with Gasteiger partial charge in [0.25, 0.3) is 0 Å². The lowest BCUT2D eigenvalue weighted by molar-refractivity contribution is -0.143. The minimum atomic E-state index is -1.72. The molecule has 0 unspecified atom stereocenters. The van der Waals surface area contributed by atoms with Gasteiger partial charge in [-0.05, 0) is 16.7 Å². The van der Waals surface area contributed by atoms with Gasteiger partial charge < -0.3 is 20.1 Å². The lowest BCUT2D eigenvalue weighted by atomic mass is 9.80. The first-order valence-electron chi connectivity index (χ1n) is 9.40. The van der Waals surface area contributed by atoms with Crippen LogP contribution in [0.15, 0.2) is 91.0 Å². The van der Waals surface area contributed by atoms with Gasteiger partial charge in [0.1, 0.15) is 24.4 Å². The Labute approximate surface area is 169 Å². The van der Waals surface area contributed by atoms with E-state index < -0.39 is 36.8 Å². The Morgan fingerprint density at radius 1 is 0.759 bits per heavy atom. The summed E-state index contributed by atoms with van der Waals surface area (Å²) in [5.41, 5.74) is 1.37. The third-order valence-corrected chi connectivity index (χ3v) is 4.85. The van der Waals surface area contributed by atoms with Gasteiger partial charge in [-0.2, -0.15) is 0 Å². The molecule has 3 aromatic rings. The molecule has 0 bridgehead atoms. The Morgan fingerprint density at radius 2 is 1.14 bits per heavy atom. The van der Waals surface area contributed by atoms with Crippen LogP contribution < -0.4 is 0 Å². The monoisotopic (exact) mass is 392 g/mol. The van der Waals surface area contributed by atoms with Crippen LogP contribution in [0.25, 0.3) is 0 Å². The second-order valence-electron chi connectivity index (χ2n) is 6.73. The number of aliphatic hydroxyl groups excluding tert-OH is 3. The fraction of sp³-hybridized carbons (Fsp3) is 0.208. The van der Waals surface area contributed by atoms with Crippen molar-refractivity contribution in [1.82, 2.24) is 0 Å². The van der Waals surface area contributed by atoms with Crippen molar-refractivity contribution in [1.29, 1.82) is 0 Å². The van der Waals surface area contributed by atoms with Crippen molar-refractivity contribution in [2.24, 2.45) is 0 Å². The lowest BCUT2D eigenvalue weighted by Gasteiger charge is -2.36. The number of benzene rings is 3. The molecule has 0 spiro atoms. The molecule has 0 saturated heterocycles.